The predicted molar refractivity (Wildman–Crippen MR) is 80.5 cm³/mol. The molecular weight excluding hydrogens is 298 g/mol. The zero-order chi connectivity index (χ0) is 14.5. The summed E-state index contributed by atoms with van der Waals surface area (Å²) in [6, 6.07) is 3.43. The monoisotopic (exact) mass is 315 g/mol. The maximum absolute atomic E-state index is 12.2. The Kier molecular flexibility index (Phi) is 5.25. The number of urea groups is 1. The van der Waals surface area contributed by atoms with Crippen LogP contribution in [0.25, 0.3) is 0 Å². The second-order valence-electron chi connectivity index (χ2n) is 4.61. The lowest BCUT2D eigenvalue weighted by Crippen LogP contribution is -2.53. The first-order valence-electron chi connectivity index (χ1n) is 6.69. The molecule has 1 aromatic heterocycles. The van der Waals surface area contributed by atoms with E-state index in [-0.39, 0.29) is 11.9 Å². The molecule has 0 unspecified atom stereocenters. The van der Waals surface area contributed by atoms with Gasteiger partial charge >= 0.3 is 6.03 Å². The molecule has 0 atom stereocenters. The molecule has 2 rings (SSSR count). The Hall–Kier alpha value is -1.27. The number of carbonyl (C=O) groups is 2. The Bertz CT molecular complexity index is 484. The van der Waals surface area contributed by atoms with Crippen molar-refractivity contribution in [1.82, 2.24) is 15.1 Å². The summed E-state index contributed by atoms with van der Waals surface area (Å²) >= 11 is 7.13. The summed E-state index contributed by atoms with van der Waals surface area (Å²) in [6.07, 6.45) is 0.920. The van der Waals surface area contributed by atoms with Gasteiger partial charge in [0.1, 0.15) is 0 Å². The van der Waals surface area contributed by atoms with Gasteiger partial charge in [0.25, 0.3) is 5.91 Å². The van der Waals surface area contributed by atoms with Crippen molar-refractivity contribution in [3.63, 3.8) is 0 Å². The highest BCUT2D eigenvalue weighted by atomic mass is 35.5. The molecular formula is C13H18ClN3O2S. The lowest BCUT2D eigenvalue weighted by molar-refractivity contribution is 0.0670. The molecule has 3 amide bonds. The fraction of sp³-hybridized carbons (Fsp3) is 0.538. The SMILES string of the molecule is CCCNC(=O)N1CCN(C(=O)c2ccc(Cl)s2)CC1. The molecule has 1 saturated heterocycles. The molecule has 7 heteroatoms. The van der Waals surface area contributed by atoms with Crippen LogP contribution in [0.1, 0.15) is 23.0 Å². The highest BCUT2D eigenvalue weighted by Gasteiger charge is 2.25. The number of amides is 3. The van der Waals surface area contributed by atoms with Gasteiger partial charge in [-0.15, -0.1) is 11.3 Å². The van der Waals surface area contributed by atoms with Gasteiger partial charge in [-0.3, -0.25) is 4.79 Å². The summed E-state index contributed by atoms with van der Waals surface area (Å²) in [4.78, 5) is 28.2. The number of hydrogen-bond donors (Lipinski definition) is 1. The van der Waals surface area contributed by atoms with Gasteiger partial charge in [-0.1, -0.05) is 18.5 Å². The molecule has 0 radical (unpaired) electrons. The van der Waals surface area contributed by atoms with Crippen LogP contribution in [-0.4, -0.2) is 54.5 Å². The topological polar surface area (TPSA) is 52.7 Å². The van der Waals surface area contributed by atoms with Crippen LogP contribution in [0.3, 0.4) is 0 Å². The quantitative estimate of drug-likeness (QED) is 0.930. The van der Waals surface area contributed by atoms with Crippen molar-refractivity contribution < 1.29 is 9.59 Å². The van der Waals surface area contributed by atoms with Crippen LogP contribution in [0.2, 0.25) is 4.34 Å². The fourth-order valence-electron chi connectivity index (χ4n) is 2.04. The molecule has 0 saturated carbocycles. The van der Waals surface area contributed by atoms with Gasteiger partial charge < -0.3 is 15.1 Å². The fourth-order valence-corrected chi connectivity index (χ4v) is 3.05. The third kappa shape index (κ3) is 3.64. The standard InChI is InChI=1S/C13H18ClN3O2S/c1-2-5-15-13(19)17-8-6-16(7-9-17)12(18)10-3-4-11(14)20-10/h3-4H,2,5-9H2,1H3,(H,15,19). The van der Waals surface area contributed by atoms with Crippen LogP contribution in [0.15, 0.2) is 12.1 Å². The minimum absolute atomic E-state index is 0.00415. The maximum atomic E-state index is 12.2. The molecule has 1 aliphatic rings. The van der Waals surface area contributed by atoms with E-state index in [0.29, 0.717) is 41.9 Å². The Balaban J connectivity index is 1.85. The largest absolute Gasteiger partial charge is 0.338 e. The molecule has 1 aliphatic heterocycles. The summed E-state index contributed by atoms with van der Waals surface area (Å²) < 4.78 is 0.617. The van der Waals surface area contributed by atoms with Crippen LogP contribution in [0.4, 0.5) is 4.79 Å². The first-order chi connectivity index (χ1) is 9.61. The van der Waals surface area contributed by atoms with Crippen molar-refractivity contribution in [2.45, 2.75) is 13.3 Å². The highest BCUT2D eigenvalue weighted by molar-refractivity contribution is 7.17. The number of rotatable bonds is 3. The van der Waals surface area contributed by atoms with E-state index in [9.17, 15) is 9.59 Å². The second-order valence-corrected chi connectivity index (χ2v) is 6.33. The van der Waals surface area contributed by atoms with Crippen molar-refractivity contribution in [1.29, 1.82) is 0 Å². The van der Waals surface area contributed by atoms with Crippen molar-refractivity contribution in [3.05, 3.63) is 21.3 Å². The number of carbonyl (C=O) groups excluding carboxylic acids is 2. The smallest absolute Gasteiger partial charge is 0.317 e. The van der Waals surface area contributed by atoms with Gasteiger partial charge in [0.2, 0.25) is 0 Å². The predicted octanol–water partition coefficient (Wildman–Crippen LogP) is 2.28. The summed E-state index contributed by atoms with van der Waals surface area (Å²) in [7, 11) is 0. The van der Waals surface area contributed by atoms with Gasteiger partial charge in [-0.2, -0.15) is 0 Å². The number of piperazine rings is 1. The molecule has 5 nitrogen and oxygen atoms in total. The lowest BCUT2D eigenvalue weighted by Gasteiger charge is -2.34. The summed E-state index contributed by atoms with van der Waals surface area (Å²) in [5.41, 5.74) is 0. The zero-order valence-electron chi connectivity index (χ0n) is 11.4. The number of hydrogen-bond acceptors (Lipinski definition) is 3. The van der Waals surface area contributed by atoms with E-state index in [1.807, 2.05) is 6.92 Å². The van der Waals surface area contributed by atoms with Crippen LogP contribution in [0, 0.1) is 0 Å². The summed E-state index contributed by atoms with van der Waals surface area (Å²) in [5.74, 6) is -0.00415. The van der Waals surface area contributed by atoms with E-state index in [4.69, 9.17) is 11.6 Å². The maximum Gasteiger partial charge on any atom is 0.317 e. The minimum atomic E-state index is -0.0434. The first kappa shape index (κ1) is 15.1. The summed E-state index contributed by atoms with van der Waals surface area (Å²) in [5, 5.41) is 2.85. The van der Waals surface area contributed by atoms with E-state index in [1.54, 1.807) is 21.9 Å². The van der Waals surface area contributed by atoms with Gasteiger partial charge in [-0.25, -0.2) is 4.79 Å². The normalized spacial score (nSPS) is 15.3. The number of nitrogens with one attached hydrogen (secondary N) is 1. The molecule has 1 N–H and O–H groups in total. The van der Waals surface area contributed by atoms with E-state index in [0.717, 1.165) is 6.42 Å². The van der Waals surface area contributed by atoms with Gasteiger partial charge in [0, 0.05) is 32.7 Å². The number of thiophene rings is 1. The Labute approximate surface area is 127 Å². The van der Waals surface area contributed by atoms with Crippen molar-refractivity contribution >= 4 is 34.9 Å². The molecule has 2 heterocycles. The van der Waals surface area contributed by atoms with Crippen molar-refractivity contribution in [2.24, 2.45) is 0 Å². The van der Waals surface area contributed by atoms with Crippen LogP contribution >= 0.6 is 22.9 Å². The molecule has 20 heavy (non-hydrogen) atoms. The first-order valence-corrected chi connectivity index (χ1v) is 7.88. The third-order valence-electron chi connectivity index (χ3n) is 3.16. The third-order valence-corrected chi connectivity index (χ3v) is 4.38. The minimum Gasteiger partial charge on any atom is -0.338 e. The van der Waals surface area contributed by atoms with E-state index in [2.05, 4.69) is 5.32 Å². The van der Waals surface area contributed by atoms with E-state index in [1.165, 1.54) is 11.3 Å². The van der Waals surface area contributed by atoms with Gasteiger partial charge in [0.15, 0.2) is 0 Å². The van der Waals surface area contributed by atoms with Crippen LogP contribution in [-0.2, 0) is 0 Å². The Morgan fingerprint density at radius 1 is 1.25 bits per heavy atom. The average molecular weight is 316 g/mol. The Morgan fingerprint density at radius 2 is 1.90 bits per heavy atom. The molecule has 0 aliphatic carbocycles. The number of nitrogens with zero attached hydrogens (tertiary/aromatic N) is 2. The zero-order valence-corrected chi connectivity index (χ0v) is 13.0. The molecule has 0 spiro atoms. The van der Waals surface area contributed by atoms with Crippen molar-refractivity contribution in [2.75, 3.05) is 32.7 Å². The van der Waals surface area contributed by atoms with Gasteiger partial charge in [-0.05, 0) is 18.6 Å². The second kappa shape index (κ2) is 6.95. The van der Waals surface area contributed by atoms with Crippen LogP contribution in [0.5, 0.6) is 0 Å². The van der Waals surface area contributed by atoms with Crippen molar-refractivity contribution in [3.8, 4) is 0 Å². The highest BCUT2D eigenvalue weighted by Crippen LogP contribution is 2.23. The molecule has 0 bridgehead atoms. The van der Waals surface area contributed by atoms with Crippen LogP contribution < -0.4 is 5.32 Å². The lowest BCUT2D eigenvalue weighted by atomic mass is 10.3. The molecule has 0 aromatic carbocycles. The Morgan fingerprint density at radius 3 is 2.45 bits per heavy atom. The molecule has 110 valence electrons. The molecule has 1 aromatic rings. The van der Waals surface area contributed by atoms with E-state index >= 15 is 0 Å². The molecule has 1 fully saturated rings. The number of halogens is 1. The van der Waals surface area contributed by atoms with E-state index < -0.39 is 0 Å². The van der Waals surface area contributed by atoms with Gasteiger partial charge in [0.05, 0.1) is 9.21 Å². The summed E-state index contributed by atoms with van der Waals surface area (Å²) in [6.45, 7) is 4.97. The average Bonchev–Trinajstić information content (AvgIpc) is 2.90.